The molecule has 108 valence electrons. The van der Waals surface area contributed by atoms with Crippen molar-refractivity contribution in [1.29, 1.82) is 5.26 Å². The van der Waals surface area contributed by atoms with Crippen LogP contribution < -0.4 is 4.74 Å². The summed E-state index contributed by atoms with van der Waals surface area (Å²) in [6.45, 7) is 2.12. The Hall–Kier alpha value is -1.70. The minimum atomic E-state index is -4.67. The average Bonchev–Trinajstić information content (AvgIpc) is 2.72. The zero-order valence-corrected chi connectivity index (χ0v) is 11.2. The van der Waals surface area contributed by atoms with Crippen molar-refractivity contribution < 1.29 is 17.9 Å². The summed E-state index contributed by atoms with van der Waals surface area (Å²) in [5.41, 5.74) is 0.501. The fraction of sp³-hybridized carbons (Fsp3) is 0.533. The second kappa shape index (κ2) is 5.35. The zero-order chi connectivity index (χ0) is 14.8. The lowest BCUT2D eigenvalue weighted by molar-refractivity contribution is -0.274. The van der Waals surface area contributed by atoms with Gasteiger partial charge in [0.15, 0.2) is 0 Å². The smallest absolute Gasteiger partial charge is 0.406 e. The van der Waals surface area contributed by atoms with Gasteiger partial charge in [-0.05, 0) is 49.3 Å². The summed E-state index contributed by atoms with van der Waals surface area (Å²) in [6.07, 6.45) is -1.35. The maximum Gasteiger partial charge on any atom is 0.573 e. The van der Waals surface area contributed by atoms with E-state index in [4.69, 9.17) is 0 Å². The first kappa shape index (κ1) is 14.7. The van der Waals surface area contributed by atoms with E-state index < -0.39 is 6.36 Å². The number of nitrogens with zero attached hydrogens (tertiary/aromatic N) is 1. The van der Waals surface area contributed by atoms with Crippen molar-refractivity contribution >= 4 is 0 Å². The summed E-state index contributed by atoms with van der Waals surface area (Å²) in [6, 6.07) is 8.19. The van der Waals surface area contributed by atoms with E-state index in [1.807, 2.05) is 0 Å². The van der Waals surface area contributed by atoms with Crippen molar-refractivity contribution in [1.82, 2.24) is 0 Å². The second-order valence-corrected chi connectivity index (χ2v) is 5.61. The van der Waals surface area contributed by atoms with Gasteiger partial charge in [-0.1, -0.05) is 19.1 Å². The Morgan fingerprint density at radius 2 is 2.00 bits per heavy atom. The molecule has 2 nitrogen and oxygen atoms in total. The highest BCUT2D eigenvalue weighted by Gasteiger charge is 2.37. The lowest BCUT2D eigenvalue weighted by atomic mass is 9.81. The number of rotatable bonds is 3. The predicted octanol–water partition coefficient (Wildman–Crippen LogP) is 4.46. The van der Waals surface area contributed by atoms with Crippen LogP contribution in [0.25, 0.3) is 0 Å². The average molecular weight is 283 g/mol. The molecule has 1 fully saturated rings. The molecule has 0 N–H and O–H groups in total. The molecule has 0 spiro atoms. The van der Waals surface area contributed by atoms with Crippen LogP contribution in [0, 0.1) is 22.7 Å². The highest BCUT2D eigenvalue weighted by atomic mass is 19.4. The van der Waals surface area contributed by atoms with Gasteiger partial charge in [0.25, 0.3) is 0 Å². The van der Waals surface area contributed by atoms with Crippen LogP contribution in [0.3, 0.4) is 0 Å². The fourth-order valence-electron chi connectivity index (χ4n) is 2.90. The third-order valence-corrected chi connectivity index (χ3v) is 3.79. The van der Waals surface area contributed by atoms with E-state index in [2.05, 4.69) is 17.7 Å². The molecule has 0 amide bonds. The van der Waals surface area contributed by atoms with Gasteiger partial charge in [-0.3, -0.25) is 0 Å². The first-order valence-electron chi connectivity index (χ1n) is 6.58. The standard InChI is InChI=1S/C15H16F3NO/c1-11-6-7-14(8-11,10-19)9-12-2-4-13(5-3-12)20-15(16,17)18/h2-5,11H,6-9H2,1H3. The van der Waals surface area contributed by atoms with Gasteiger partial charge in [-0.2, -0.15) is 5.26 Å². The maximum atomic E-state index is 12.1. The molecule has 0 heterocycles. The number of alkyl halides is 3. The summed E-state index contributed by atoms with van der Waals surface area (Å²) >= 11 is 0. The van der Waals surface area contributed by atoms with E-state index >= 15 is 0 Å². The predicted molar refractivity (Wildman–Crippen MR) is 67.9 cm³/mol. The molecule has 1 aromatic rings. The Labute approximate surface area is 116 Å². The molecule has 2 atom stereocenters. The van der Waals surface area contributed by atoms with Crippen LogP contribution >= 0.6 is 0 Å². The number of hydrogen-bond donors (Lipinski definition) is 0. The monoisotopic (exact) mass is 283 g/mol. The summed E-state index contributed by atoms with van der Waals surface area (Å²) < 4.78 is 40.0. The molecular formula is C15H16F3NO. The van der Waals surface area contributed by atoms with Crippen LogP contribution in [-0.4, -0.2) is 6.36 Å². The van der Waals surface area contributed by atoms with Crippen LogP contribution in [0.1, 0.15) is 31.7 Å². The topological polar surface area (TPSA) is 33.0 Å². The van der Waals surface area contributed by atoms with Gasteiger partial charge in [-0.15, -0.1) is 13.2 Å². The molecule has 2 rings (SSSR count). The third kappa shape index (κ3) is 3.66. The van der Waals surface area contributed by atoms with Gasteiger partial charge in [-0.25, -0.2) is 0 Å². The molecule has 0 saturated heterocycles. The van der Waals surface area contributed by atoms with E-state index in [1.54, 1.807) is 12.1 Å². The molecule has 20 heavy (non-hydrogen) atoms. The highest BCUT2D eigenvalue weighted by molar-refractivity contribution is 5.29. The molecule has 1 aromatic carbocycles. The molecule has 0 aromatic heterocycles. The lowest BCUT2D eigenvalue weighted by Gasteiger charge is -2.20. The Bertz CT molecular complexity index is 503. The van der Waals surface area contributed by atoms with Crippen molar-refractivity contribution in [3.8, 4) is 11.8 Å². The minimum Gasteiger partial charge on any atom is -0.406 e. The minimum absolute atomic E-state index is 0.230. The molecule has 1 aliphatic rings. The number of ether oxygens (including phenoxy) is 1. The normalized spacial score (nSPS) is 26.2. The molecule has 5 heteroatoms. The van der Waals surface area contributed by atoms with E-state index in [0.717, 1.165) is 24.8 Å². The SMILES string of the molecule is CC1CCC(C#N)(Cc2ccc(OC(F)(F)F)cc2)C1. The second-order valence-electron chi connectivity index (χ2n) is 5.61. The highest BCUT2D eigenvalue weighted by Crippen LogP contribution is 2.43. The number of benzene rings is 1. The van der Waals surface area contributed by atoms with E-state index in [-0.39, 0.29) is 11.2 Å². The Morgan fingerprint density at radius 1 is 1.35 bits per heavy atom. The Kier molecular flexibility index (Phi) is 3.94. The van der Waals surface area contributed by atoms with Crippen molar-refractivity contribution in [2.45, 2.75) is 39.0 Å². The molecule has 1 aliphatic carbocycles. The Morgan fingerprint density at radius 3 is 2.45 bits per heavy atom. The van der Waals surface area contributed by atoms with Crippen molar-refractivity contribution in [3.05, 3.63) is 29.8 Å². The fourth-order valence-corrected chi connectivity index (χ4v) is 2.90. The van der Waals surface area contributed by atoms with Crippen molar-refractivity contribution in [3.63, 3.8) is 0 Å². The molecule has 0 radical (unpaired) electrons. The van der Waals surface area contributed by atoms with Crippen LogP contribution in [0.2, 0.25) is 0 Å². The molecular weight excluding hydrogens is 267 g/mol. The van der Waals surface area contributed by atoms with Crippen molar-refractivity contribution in [2.24, 2.45) is 11.3 Å². The maximum absolute atomic E-state index is 12.1. The quantitative estimate of drug-likeness (QED) is 0.820. The van der Waals surface area contributed by atoms with Gasteiger partial charge in [0.1, 0.15) is 5.75 Å². The molecule has 0 aliphatic heterocycles. The summed E-state index contributed by atoms with van der Waals surface area (Å²) in [5, 5.41) is 9.38. The van der Waals surface area contributed by atoms with Crippen LogP contribution in [0.5, 0.6) is 5.75 Å². The summed E-state index contributed by atoms with van der Waals surface area (Å²) in [5.74, 6) is 0.300. The first-order chi connectivity index (χ1) is 9.32. The molecule has 2 unspecified atom stereocenters. The Balaban J connectivity index is 2.06. The third-order valence-electron chi connectivity index (χ3n) is 3.79. The van der Waals surface area contributed by atoms with E-state index in [0.29, 0.717) is 12.3 Å². The van der Waals surface area contributed by atoms with E-state index in [1.165, 1.54) is 12.1 Å². The zero-order valence-electron chi connectivity index (χ0n) is 11.2. The van der Waals surface area contributed by atoms with Gasteiger partial charge < -0.3 is 4.74 Å². The van der Waals surface area contributed by atoms with Crippen LogP contribution in [-0.2, 0) is 6.42 Å². The lowest BCUT2D eigenvalue weighted by Crippen LogP contribution is -2.18. The first-order valence-corrected chi connectivity index (χ1v) is 6.58. The van der Waals surface area contributed by atoms with Crippen LogP contribution in [0.15, 0.2) is 24.3 Å². The van der Waals surface area contributed by atoms with Gasteiger partial charge in [0.05, 0.1) is 11.5 Å². The van der Waals surface area contributed by atoms with Crippen molar-refractivity contribution in [2.75, 3.05) is 0 Å². The van der Waals surface area contributed by atoms with Crippen LogP contribution in [0.4, 0.5) is 13.2 Å². The van der Waals surface area contributed by atoms with E-state index in [9.17, 15) is 18.4 Å². The van der Waals surface area contributed by atoms with Gasteiger partial charge in [0, 0.05) is 0 Å². The summed E-state index contributed by atoms with van der Waals surface area (Å²) in [7, 11) is 0. The molecule has 1 saturated carbocycles. The number of halogens is 3. The van der Waals surface area contributed by atoms with Gasteiger partial charge in [0.2, 0.25) is 0 Å². The van der Waals surface area contributed by atoms with Gasteiger partial charge >= 0.3 is 6.36 Å². The number of nitriles is 1. The summed E-state index contributed by atoms with van der Waals surface area (Å²) in [4.78, 5) is 0. The number of hydrogen-bond acceptors (Lipinski definition) is 2. The largest absolute Gasteiger partial charge is 0.573 e. The molecule has 0 bridgehead atoms.